The molecule has 5 atom stereocenters. The molecular formula is C18H24O6. The average Bonchev–Trinajstić information content (AvgIpc) is 2.68. The summed E-state index contributed by atoms with van der Waals surface area (Å²) in [6.45, 7) is 6.74. The number of carbonyl (C=O) groups excluding carboxylic acids is 3. The van der Waals surface area contributed by atoms with Crippen LogP contribution >= 0.6 is 0 Å². The Hall–Kier alpha value is -1.69. The number of hydrogen-bond acceptors (Lipinski definition) is 6. The van der Waals surface area contributed by atoms with Gasteiger partial charge in [-0.05, 0) is 19.8 Å². The zero-order chi connectivity index (χ0) is 17.7. The van der Waals surface area contributed by atoms with Crippen LogP contribution in [0, 0.1) is 10.8 Å². The van der Waals surface area contributed by atoms with E-state index in [4.69, 9.17) is 14.2 Å². The maximum absolute atomic E-state index is 13.1. The molecule has 132 valence electrons. The summed E-state index contributed by atoms with van der Waals surface area (Å²) in [7, 11) is 0. The van der Waals surface area contributed by atoms with Gasteiger partial charge in [0.15, 0.2) is 11.9 Å². The number of hydrogen-bond donors (Lipinski definition) is 0. The van der Waals surface area contributed by atoms with Crippen molar-refractivity contribution < 1.29 is 28.6 Å². The van der Waals surface area contributed by atoms with E-state index in [0.29, 0.717) is 6.42 Å². The minimum atomic E-state index is -0.871. The van der Waals surface area contributed by atoms with Gasteiger partial charge in [-0.1, -0.05) is 18.6 Å². The van der Waals surface area contributed by atoms with Crippen molar-refractivity contribution in [3.05, 3.63) is 11.6 Å². The Morgan fingerprint density at radius 3 is 2.67 bits per heavy atom. The van der Waals surface area contributed by atoms with Gasteiger partial charge in [0.05, 0.1) is 11.5 Å². The van der Waals surface area contributed by atoms with Crippen LogP contribution in [0.1, 0.15) is 47.0 Å². The fourth-order valence-electron chi connectivity index (χ4n) is 4.48. The van der Waals surface area contributed by atoms with Crippen molar-refractivity contribution in [3.63, 3.8) is 0 Å². The predicted octanol–water partition coefficient (Wildman–Crippen LogP) is 1.95. The van der Waals surface area contributed by atoms with Gasteiger partial charge in [-0.15, -0.1) is 0 Å². The second kappa shape index (κ2) is 5.69. The van der Waals surface area contributed by atoms with Crippen molar-refractivity contribution in [1.82, 2.24) is 0 Å². The lowest BCUT2D eigenvalue weighted by Gasteiger charge is -2.53. The lowest BCUT2D eigenvalue weighted by Crippen LogP contribution is -2.60. The number of Topliss-reactive ketones (excluding diaryl/α,β-unsaturated/α-hetero) is 1. The monoisotopic (exact) mass is 336 g/mol. The Morgan fingerprint density at radius 2 is 2.04 bits per heavy atom. The Balaban J connectivity index is 2.03. The summed E-state index contributed by atoms with van der Waals surface area (Å²) in [4.78, 5) is 35.9. The first kappa shape index (κ1) is 17.1. The van der Waals surface area contributed by atoms with Crippen molar-refractivity contribution in [1.29, 1.82) is 0 Å². The highest BCUT2D eigenvalue weighted by Crippen LogP contribution is 2.61. The highest BCUT2D eigenvalue weighted by atomic mass is 16.6. The van der Waals surface area contributed by atoms with Crippen LogP contribution < -0.4 is 0 Å². The molecule has 6 heteroatoms. The Kier molecular flexibility index (Phi) is 4.06. The Morgan fingerprint density at radius 1 is 1.33 bits per heavy atom. The van der Waals surface area contributed by atoms with Crippen molar-refractivity contribution >= 4 is 17.7 Å². The predicted molar refractivity (Wildman–Crippen MR) is 84.0 cm³/mol. The molecule has 0 aromatic carbocycles. The van der Waals surface area contributed by atoms with Crippen LogP contribution in [0.25, 0.3) is 0 Å². The number of ketones is 1. The van der Waals surface area contributed by atoms with Gasteiger partial charge in [0, 0.05) is 25.7 Å². The molecule has 0 radical (unpaired) electrons. The molecular weight excluding hydrogens is 312 g/mol. The van der Waals surface area contributed by atoms with Crippen molar-refractivity contribution in [2.75, 3.05) is 6.61 Å². The summed E-state index contributed by atoms with van der Waals surface area (Å²) in [6.07, 6.45) is 2.38. The van der Waals surface area contributed by atoms with Gasteiger partial charge in [-0.25, -0.2) is 0 Å². The van der Waals surface area contributed by atoms with Crippen molar-refractivity contribution in [3.8, 4) is 0 Å². The third-order valence-electron chi connectivity index (χ3n) is 5.95. The van der Waals surface area contributed by atoms with E-state index >= 15 is 0 Å². The zero-order valence-electron chi connectivity index (χ0n) is 14.6. The van der Waals surface area contributed by atoms with Crippen LogP contribution in [-0.4, -0.2) is 42.6 Å². The first-order valence-corrected chi connectivity index (χ1v) is 8.37. The standard InChI is InChI=1S/C18H24O6/c1-10-5-6-17(4)14(7-10)24-15-13(23-12(3)20)8-18(17,16(15)21)9-22-11(2)19/h7,13-15H,5-6,8-9H2,1-4H3/t13-,14-,15-,17+,18-/m1/s1. The minimum Gasteiger partial charge on any atom is -0.465 e. The molecule has 0 spiro atoms. The second-order valence-electron chi connectivity index (χ2n) is 7.49. The van der Waals surface area contributed by atoms with Crippen LogP contribution in [-0.2, 0) is 28.6 Å². The lowest BCUT2D eigenvalue weighted by molar-refractivity contribution is -0.189. The molecule has 0 aromatic heterocycles. The quantitative estimate of drug-likeness (QED) is 0.579. The molecule has 0 aromatic rings. The van der Waals surface area contributed by atoms with Gasteiger partial charge in [0.2, 0.25) is 0 Å². The number of carbonyl (C=O) groups is 3. The Bertz CT molecular complexity index is 623. The minimum absolute atomic E-state index is 0.0126. The third kappa shape index (κ3) is 2.39. The molecule has 1 saturated carbocycles. The molecule has 0 N–H and O–H groups in total. The van der Waals surface area contributed by atoms with Crippen LogP contribution in [0.4, 0.5) is 0 Å². The van der Waals surface area contributed by atoms with E-state index in [-0.39, 0.29) is 18.5 Å². The lowest BCUT2D eigenvalue weighted by atomic mass is 9.55. The van der Waals surface area contributed by atoms with E-state index < -0.39 is 35.0 Å². The molecule has 2 fully saturated rings. The Labute approximate surface area is 141 Å². The van der Waals surface area contributed by atoms with E-state index in [1.807, 2.05) is 13.8 Å². The molecule has 24 heavy (non-hydrogen) atoms. The topological polar surface area (TPSA) is 78.9 Å². The van der Waals surface area contributed by atoms with Gasteiger partial charge in [-0.2, -0.15) is 0 Å². The average molecular weight is 336 g/mol. The van der Waals surface area contributed by atoms with E-state index in [1.54, 1.807) is 0 Å². The van der Waals surface area contributed by atoms with E-state index in [0.717, 1.165) is 12.8 Å². The number of fused-ring (bicyclic) bond motifs is 4. The summed E-state index contributed by atoms with van der Waals surface area (Å²) in [5.41, 5.74) is -0.133. The number of allylic oxidation sites excluding steroid dienone is 1. The van der Waals surface area contributed by atoms with E-state index in [9.17, 15) is 14.4 Å². The summed E-state index contributed by atoms with van der Waals surface area (Å²) in [6, 6.07) is 0. The maximum Gasteiger partial charge on any atom is 0.303 e. The van der Waals surface area contributed by atoms with Crippen LogP contribution in [0.2, 0.25) is 0 Å². The SMILES string of the molecule is CC(=O)OC[C@@]12C[C@@H](OC(C)=O)[C@@H](O[C@@H]3C=C(C)CC[C@@]31C)C2=O. The molecule has 1 heterocycles. The van der Waals surface area contributed by atoms with Gasteiger partial charge >= 0.3 is 11.9 Å². The van der Waals surface area contributed by atoms with E-state index in [1.165, 1.54) is 19.4 Å². The summed E-state index contributed by atoms with van der Waals surface area (Å²) >= 11 is 0. The zero-order valence-corrected chi connectivity index (χ0v) is 14.6. The van der Waals surface area contributed by atoms with Crippen LogP contribution in [0.3, 0.4) is 0 Å². The molecule has 1 aliphatic heterocycles. The normalized spacial score (nSPS) is 40.6. The smallest absolute Gasteiger partial charge is 0.303 e. The highest BCUT2D eigenvalue weighted by Gasteiger charge is 2.70. The van der Waals surface area contributed by atoms with Crippen LogP contribution in [0.5, 0.6) is 0 Å². The first-order valence-electron chi connectivity index (χ1n) is 8.37. The molecule has 0 amide bonds. The van der Waals surface area contributed by atoms with Gasteiger partial charge in [0.1, 0.15) is 12.7 Å². The highest BCUT2D eigenvalue weighted by molar-refractivity contribution is 5.94. The molecule has 2 bridgehead atoms. The second-order valence-corrected chi connectivity index (χ2v) is 7.49. The summed E-state index contributed by atoms with van der Waals surface area (Å²) in [5.74, 6) is -0.966. The molecule has 0 unspecified atom stereocenters. The maximum atomic E-state index is 13.1. The molecule has 3 rings (SSSR count). The van der Waals surface area contributed by atoms with Crippen LogP contribution in [0.15, 0.2) is 11.6 Å². The molecule has 6 nitrogen and oxygen atoms in total. The molecule has 1 saturated heterocycles. The van der Waals surface area contributed by atoms with E-state index in [2.05, 4.69) is 6.08 Å². The third-order valence-corrected chi connectivity index (χ3v) is 5.95. The summed E-state index contributed by atoms with van der Waals surface area (Å²) in [5, 5.41) is 0. The van der Waals surface area contributed by atoms with Crippen molar-refractivity contribution in [2.45, 2.75) is 65.3 Å². The molecule has 3 aliphatic rings. The van der Waals surface area contributed by atoms with Crippen molar-refractivity contribution in [2.24, 2.45) is 10.8 Å². The molecule has 2 aliphatic carbocycles. The summed E-state index contributed by atoms with van der Waals surface area (Å²) < 4.78 is 16.7. The van der Waals surface area contributed by atoms with Gasteiger partial charge < -0.3 is 14.2 Å². The largest absolute Gasteiger partial charge is 0.465 e. The fourth-order valence-corrected chi connectivity index (χ4v) is 4.48. The van der Waals surface area contributed by atoms with Gasteiger partial charge in [0.25, 0.3) is 0 Å². The number of esters is 2. The fraction of sp³-hybridized carbons (Fsp3) is 0.722. The first-order chi connectivity index (χ1) is 11.2. The number of rotatable bonds is 3. The van der Waals surface area contributed by atoms with Gasteiger partial charge in [-0.3, -0.25) is 14.4 Å². The number of ether oxygens (including phenoxy) is 3.